The minimum absolute atomic E-state index is 0.631. The molecular weight excluding hydrogens is 244 g/mol. The molecule has 0 aliphatic carbocycles. The third-order valence-electron chi connectivity index (χ3n) is 3.05. The zero-order chi connectivity index (χ0) is 13.1. The van der Waals surface area contributed by atoms with Gasteiger partial charge in [-0.05, 0) is 30.2 Å². The molecule has 0 fully saturated rings. The van der Waals surface area contributed by atoms with Crippen LogP contribution in [0, 0.1) is 5.92 Å². The third kappa shape index (κ3) is 2.88. The summed E-state index contributed by atoms with van der Waals surface area (Å²) in [5.74, 6) is 0.631. The van der Waals surface area contributed by atoms with Crippen molar-refractivity contribution in [1.82, 2.24) is 9.88 Å². The van der Waals surface area contributed by atoms with Gasteiger partial charge < -0.3 is 9.88 Å². The Morgan fingerprint density at radius 1 is 1.33 bits per heavy atom. The molecule has 0 bridgehead atoms. The van der Waals surface area contributed by atoms with Gasteiger partial charge in [0.15, 0.2) is 0 Å². The van der Waals surface area contributed by atoms with Gasteiger partial charge in [-0.3, -0.25) is 0 Å². The second-order valence-electron chi connectivity index (χ2n) is 5.14. The summed E-state index contributed by atoms with van der Waals surface area (Å²) in [7, 11) is 0. The van der Waals surface area contributed by atoms with Crippen molar-refractivity contribution in [2.24, 2.45) is 5.92 Å². The topological polar surface area (TPSA) is 17.0 Å². The first kappa shape index (κ1) is 13.4. The molecule has 1 N–H and O–H groups in total. The molecule has 2 nitrogen and oxygen atoms in total. The summed E-state index contributed by atoms with van der Waals surface area (Å²) in [6, 6.07) is 6.16. The monoisotopic (exact) mass is 264 g/mol. The summed E-state index contributed by atoms with van der Waals surface area (Å²) in [5, 5.41) is 5.50. The predicted octanol–water partition coefficient (Wildman–Crippen LogP) is 4.06. The van der Waals surface area contributed by atoms with Gasteiger partial charge >= 0.3 is 0 Å². The van der Waals surface area contributed by atoms with Crippen LogP contribution < -0.4 is 5.32 Å². The average molecular weight is 265 g/mol. The molecular formula is C15H21ClN2. The smallest absolute Gasteiger partial charge is 0.0498 e. The Hall–Kier alpha value is -0.990. The fraction of sp³-hybridized carbons (Fsp3) is 0.467. The van der Waals surface area contributed by atoms with Crippen LogP contribution in [0.5, 0.6) is 0 Å². The van der Waals surface area contributed by atoms with Gasteiger partial charge in [-0.15, -0.1) is 0 Å². The maximum atomic E-state index is 6.11. The first-order valence-corrected chi connectivity index (χ1v) is 6.97. The van der Waals surface area contributed by atoms with Crippen molar-refractivity contribution in [2.75, 3.05) is 6.54 Å². The Morgan fingerprint density at radius 2 is 2.11 bits per heavy atom. The summed E-state index contributed by atoms with van der Waals surface area (Å²) in [6.45, 7) is 9.54. The lowest BCUT2D eigenvalue weighted by Crippen LogP contribution is -2.11. The van der Waals surface area contributed by atoms with Crippen LogP contribution in [0.15, 0.2) is 24.4 Å². The Labute approximate surface area is 114 Å². The van der Waals surface area contributed by atoms with E-state index < -0.39 is 0 Å². The first-order chi connectivity index (χ1) is 8.61. The number of nitrogens with zero attached hydrogens (tertiary/aromatic N) is 1. The van der Waals surface area contributed by atoms with Crippen LogP contribution in [0.1, 0.15) is 26.3 Å². The Kier molecular flexibility index (Phi) is 4.31. The molecule has 1 aromatic heterocycles. The zero-order valence-electron chi connectivity index (χ0n) is 11.3. The Morgan fingerprint density at radius 3 is 2.78 bits per heavy atom. The van der Waals surface area contributed by atoms with Crippen molar-refractivity contribution in [3.63, 3.8) is 0 Å². The number of benzene rings is 1. The largest absolute Gasteiger partial charge is 0.347 e. The van der Waals surface area contributed by atoms with Crippen LogP contribution in [-0.4, -0.2) is 11.1 Å². The molecule has 0 amide bonds. The Bertz CT molecular complexity index is 529. The fourth-order valence-corrected chi connectivity index (χ4v) is 2.45. The molecule has 18 heavy (non-hydrogen) atoms. The molecule has 0 unspecified atom stereocenters. The van der Waals surface area contributed by atoms with Crippen LogP contribution in [0.4, 0.5) is 0 Å². The van der Waals surface area contributed by atoms with E-state index in [1.807, 2.05) is 6.07 Å². The Balaban J connectivity index is 2.45. The van der Waals surface area contributed by atoms with Crippen LogP contribution in [0.3, 0.4) is 0 Å². The van der Waals surface area contributed by atoms with E-state index in [4.69, 9.17) is 11.6 Å². The summed E-state index contributed by atoms with van der Waals surface area (Å²) in [6.07, 6.45) is 2.25. The number of fused-ring (bicyclic) bond motifs is 1. The summed E-state index contributed by atoms with van der Waals surface area (Å²) in [5.41, 5.74) is 2.59. The number of aromatic nitrogens is 1. The summed E-state index contributed by atoms with van der Waals surface area (Å²) < 4.78 is 2.32. The molecule has 1 heterocycles. The molecule has 98 valence electrons. The second-order valence-corrected chi connectivity index (χ2v) is 5.58. The molecule has 0 saturated carbocycles. The van der Waals surface area contributed by atoms with Crippen LogP contribution in [-0.2, 0) is 13.1 Å². The lowest BCUT2D eigenvalue weighted by molar-refractivity contribution is 0.534. The van der Waals surface area contributed by atoms with Gasteiger partial charge in [0.2, 0.25) is 0 Å². The van der Waals surface area contributed by atoms with E-state index in [1.54, 1.807) is 0 Å². The highest BCUT2D eigenvalue weighted by Gasteiger charge is 2.09. The molecule has 0 saturated heterocycles. The molecule has 2 rings (SSSR count). The maximum absolute atomic E-state index is 6.11. The SMILES string of the molecule is CCNCc1cn(CC(C)C)c2cc(Cl)ccc12. The average Bonchev–Trinajstić information content (AvgIpc) is 2.64. The number of hydrogen-bond donors (Lipinski definition) is 1. The number of halogens is 1. The number of rotatable bonds is 5. The van der Waals surface area contributed by atoms with E-state index in [9.17, 15) is 0 Å². The van der Waals surface area contributed by atoms with E-state index in [2.05, 4.69) is 49.0 Å². The van der Waals surface area contributed by atoms with Crippen LogP contribution in [0.25, 0.3) is 10.9 Å². The lowest BCUT2D eigenvalue weighted by Gasteiger charge is -2.08. The lowest BCUT2D eigenvalue weighted by atomic mass is 10.2. The minimum Gasteiger partial charge on any atom is -0.347 e. The third-order valence-corrected chi connectivity index (χ3v) is 3.29. The highest BCUT2D eigenvalue weighted by molar-refractivity contribution is 6.31. The number of nitrogens with one attached hydrogen (secondary N) is 1. The van der Waals surface area contributed by atoms with Crippen molar-refractivity contribution >= 4 is 22.5 Å². The molecule has 0 spiro atoms. The van der Waals surface area contributed by atoms with Crippen molar-refractivity contribution in [3.8, 4) is 0 Å². The molecule has 0 radical (unpaired) electrons. The van der Waals surface area contributed by atoms with Gasteiger partial charge in [0.1, 0.15) is 0 Å². The number of hydrogen-bond acceptors (Lipinski definition) is 1. The molecule has 2 aromatic rings. The van der Waals surface area contributed by atoms with E-state index >= 15 is 0 Å². The molecule has 1 aromatic carbocycles. The van der Waals surface area contributed by atoms with E-state index in [-0.39, 0.29) is 0 Å². The van der Waals surface area contributed by atoms with Gasteiger partial charge in [0, 0.05) is 35.2 Å². The van der Waals surface area contributed by atoms with Crippen molar-refractivity contribution in [3.05, 3.63) is 35.0 Å². The predicted molar refractivity (Wildman–Crippen MR) is 79.2 cm³/mol. The molecule has 0 aliphatic heterocycles. The standard InChI is InChI=1S/C15H21ClN2/c1-4-17-8-12-10-18(9-11(2)3)15-7-13(16)5-6-14(12)15/h5-7,10-11,17H,4,8-9H2,1-3H3. The summed E-state index contributed by atoms with van der Waals surface area (Å²) >= 11 is 6.11. The van der Waals surface area contributed by atoms with E-state index in [0.717, 1.165) is 24.7 Å². The van der Waals surface area contributed by atoms with Gasteiger partial charge in [0.05, 0.1) is 0 Å². The molecule has 0 atom stereocenters. The van der Waals surface area contributed by atoms with Crippen molar-refractivity contribution in [1.29, 1.82) is 0 Å². The minimum atomic E-state index is 0.631. The zero-order valence-corrected chi connectivity index (χ0v) is 12.1. The highest BCUT2D eigenvalue weighted by atomic mass is 35.5. The van der Waals surface area contributed by atoms with Gasteiger partial charge in [-0.2, -0.15) is 0 Å². The summed E-state index contributed by atoms with van der Waals surface area (Å²) in [4.78, 5) is 0. The van der Waals surface area contributed by atoms with Crippen molar-refractivity contribution < 1.29 is 0 Å². The van der Waals surface area contributed by atoms with Gasteiger partial charge in [0.25, 0.3) is 0 Å². The van der Waals surface area contributed by atoms with E-state index in [0.29, 0.717) is 5.92 Å². The quantitative estimate of drug-likeness (QED) is 0.862. The maximum Gasteiger partial charge on any atom is 0.0498 e. The molecule has 0 aliphatic rings. The van der Waals surface area contributed by atoms with Crippen LogP contribution in [0.2, 0.25) is 5.02 Å². The van der Waals surface area contributed by atoms with E-state index in [1.165, 1.54) is 16.5 Å². The normalized spacial score (nSPS) is 11.6. The van der Waals surface area contributed by atoms with Gasteiger partial charge in [-0.25, -0.2) is 0 Å². The first-order valence-electron chi connectivity index (χ1n) is 6.59. The van der Waals surface area contributed by atoms with Crippen molar-refractivity contribution in [2.45, 2.75) is 33.9 Å². The second kappa shape index (κ2) is 5.77. The van der Waals surface area contributed by atoms with Gasteiger partial charge in [-0.1, -0.05) is 38.4 Å². The van der Waals surface area contributed by atoms with Crippen LogP contribution >= 0.6 is 11.6 Å². The molecule has 3 heteroatoms. The highest BCUT2D eigenvalue weighted by Crippen LogP contribution is 2.25. The fourth-order valence-electron chi connectivity index (χ4n) is 2.29.